The van der Waals surface area contributed by atoms with E-state index in [0.29, 0.717) is 23.6 Å². The predicted molar refractivity (Wildman–Crippen MR) is 110 cm³/mol. The third kappa shape index (κ3) is 6.53. The summed E-state index contributed by atoms with van der Waals surface area (Å²) in [5.41, 5.74) is 1.37. The zero-order chi connectivity index (χ0) is 20.0. The number of hydrogen-bond acceptors (Lipinski definition) is 4. The molecule has 1 fully saturated rings. The number of esters is 1. The maximum atomic E-state index is 12.5. The first-order valence-electron chi connectivity index (χ1n) is 10.6. The van der Waals surface area contributed by atoms with Gasteiger partial charge >= 0.3 is 5.97 Å². The number of carbonyl (C=O) groups is 1. The second-order valence-electron chi connectivity index (χ2n) is 8.67. The molecule has 0 aromatic heterocycles. The van der Waals surface area contributed by atoms with E-state index in [0.717, 1.165) is 44.2 Å². The summed E-state index contributed by atoms with van der Waals surface area (Å²) in [4.78, 5) is 15.0. The number of ether oxygens (including phenoxy) is 1. The van der Waals surface area contributed by atoms with Crippen LogP contribution < -0.4 is 0 Å². The van der Waals surface area contributed by atoms with E-state index in [9.17, 15) is 9.90 Å². The van der Waals surface area contributed by atoms with Crippen LogP contribution in [0, 0.1) is 5.92 Å². The minimum atomic E-state index is -0.263. The van der Waals surface area contributed by atoms with Crippen LogP contribution in [-0.4, -0.2) is 40.7 Å². The lowest BCUT2D eigenvalue weighted by Gasteiger charge is -2.30. The van der Waals surface area contributed by atoms with Gasteiger partial charge in [0.15, 0.2) is 0 Å². The second-order valence-corrected chi connectivity index (χ2v) is 8.67. The van der Waals surface area contributed by atoms with Crippen molar-refractivity contribution >= 4 is 5.97 Å². The molecule has 4 nitrogen and oxygen atoms in total. The van der Waals surface area contributed by atoms with E-state index >= 15 is 0 Å². The lowest BCUT2D eigenvalue weighted by atomic mass is 9.89. The van der Waals surface area contributed by atoms with Gasteiger partial charge in [0.25, 0.3) is 0 Å². The van der Waals surface area contributed by atoms with Gasteiger partial charge in [0, 0.05) is 12.1 Å². The Labute approximate surface area is 164 Å². The van der Waals surface area contributed by atoms with Crippen LogP contribution in [0.4, 0.5) is 0 Å². The summed E-state index contributed by atoms with van der Waals surface area (Å²) in [5.74, 6) is 0.622. The molecule has 4 heteroatoms. The molecule has 0 heterocycles. The molecule has 1 aliphatic carbocycles. The number of hydrogen-bond donors (Lipinski definition) is 1. The van der Waals surface area contributed by atoms with Crippen molar-refractivity contribution in [1.29, 1.82) is 0 Å². The molecule has 1 saturated carbocycles. The molecule has 1 aromatic rings. The van der Waals surface area contributed by atoms with Crippen molar-refractivity contribution in [2.24, 2.45) is 5.92 Å². The van der Waals surface area contributed by atoms with Gasteiger partial charge in [0.05, 0.1) is 5.56 Å². The van der Waals surface area contributed by atoms with Gasteiger partial charge in [-0.3, -0.25) is 4.90 Å². The Morgan fingerprint density at radius 1 is 1.22 bits per heavy atom. The van der Waals surface area contributed by atoms with Crippen LogP contribution in [0.5, 0.6) is 5.75 Å². The summed E-state index contributed by atoms with van der Waals surface area (Å²) in [6.45, 7) is 12.0. The SMILES string of the molecule is CC1CCCC(OC(=O)c2ccc(O)c(CCCN(C(C)C)C(C)C)c2)C1. The summed E-state index contributed by atoms with van der Waals surface area (Å²) in [6, 6.07) is 6.09. The number of phenols is 1. The second kappa shape index (κ2) is 10.1. The van der Waals surface area contributed by atoms with Crippen LogP contribution in [0.2, 0.25) is 0 Å². The van der Waals surface area contributed by atoms with Gasteiger partial charge in [-0.05, 0) is 96.0 Å². The average molecular weight is 376 g/mol. The maximum Gasteiger partial charge on any atom is 0.338 e. The van der Waals surface area contributed by atoms with Gasteiger partial charge in [-0.15, -0.1) is 0 Å². The van der Waals surface area contributed by atoms with Gasteiger partial charge in [-0.2, -0.15) is 0 Å². The minimum absolute atomic E-state index is 0.0316. The molecular formula is C23H37NO3. The molecule has 1 N–H and O–H groups in total. The van der Waals surface area contributed by atoms with Gasteiger partial charge in [-0.1, -0.05) is 13.3 Å². The van der Waals surface area contributed by atoms with E-state index in [4.69, 9.17) is 4.74 Å². The molecule has 1 aliphatic rings. The van der Waals surface area contributed by atoms with Gasteiger partial charge in [0.1, 0.15) is 11.9 Å². The molecule has 0 saturated heterocycles. The van der Waals surface area contributed by atoms with Crippen LogP contribution in [0.15, 0.2) is 18.2 Å². The fourth-order valence-corrected chi connectivity index (χ4v) is 4.18. The lowest BCUT2D eigenvalue weighted by molar-refractivity contribution is 0.0155. The monoisotopic (exact) mass is 375 g/mol. The molecule has 2 atom stereocenters. The molecule has 0 aliphatic heterocycles. The molecule has 1 aromatic carbocycles. The number of rotatable bonds is 8. The Hall–Kier alpha value is -1.55. The van der Waals surface area contributed by atoms with Crippen LogP contribution in [0.25, 0.3) is 0 Å². The molecule has 2 unspecified atom stereocenters. The maximum absolute atomic E-state index is 12.5. The minimum Gasteiger partial charge on any atom is -0.508 e. The molecule has 0 radical (unpaired) electrons. The third-order valence-electron chi connectivity index (χ3n) is 5.67. The smallest absolute Gasteiger partial charge is 0.338 e. The first-order valence-corrected chi connectivity index (χ1v) is 10.6. The third-order valence-corrected chi connectivity index (χ3v) is 5.67. The number of nitrogens with zero attached hydrogens (tertiary/aromatic N) is 1. The topological polar surface area (TPSA) is 49.8 Å². The van der Waals surface area contributed by atoms with Crippen molar-refractivity contribution in [3.8, 4) is 5.75 Å². The van der Waals surface area contributed by atoms with Crippen molar-refractivity contribution in [3.05, 3.63) is 29.3 Å². The molecule has 0 spiro atoms. The van der Waals surface area contributed by atoms with Crippen LogP contribution in [0.1, 0.15) is 82.6 Å². The highest BCUT2D eigenvalue weighted by Crippen LogP contribution is 2.27. The number of benzene rings is 1. The van der Waals surface area contributed by atoms with E-state index in [1.807, 2.05) is 0 Å². The van der Waals surface area contributed by atoms with Crippen molar-refractivity contribution in [3.63, 3.8) is 0 Å². The molecule has 152 valence electrons. The first kappa shape index (κ1) is 21.7. The Morgan fingerprint density at radius 2 is 1.93 bits per heavy atom. The van der Waals surface area contributed by atoms with E-state index in [1.165, 1.54) is 6.42 Å². The predicted octanol–water partition coefficient (Wildman–Crippen LogP) is 5.18. The van der Waals surface area contributed by atoms with E-state index in [1.54, 1.807) is 18.2 Å². The lowest BCUT2D eigenvalue weighted by Crippen LogP contribution is -2.37. The number of aromatic hydroxyl groups is 1. The standard InChI is InChI=1S/C23H37NO3/c1-16(2)24(17(3)4)13-7-9-19-15-20(11-12-22(19)25)23(26)27-21-10-6-8-18(5)14-21/h11-12,15-18,21,25H,6-10,13-14H2,1-5H3. The number of aryl methyl sites for hydroxylation is 1. The van der Waals surface area contributed by atoms with E-state index in [2.05, 4.69) is 39.5 Å². The Balaban J connectivity index is 1.95. The van der Waals surface area contributed by atoms with Gasteiger partial charge in [-0.25, -0.2) is 4.79 Å². The summed E-state index contributed by atoms with van der Waals surface area (Å²) < 4.78 is 5.72. The van der Waals surface area contributed by atoms with Crippen LogP contribution in [-0.2, 0) is 11.2 Å². The van der Waals surface area contributed by atoms with Gasteiger partial charge in [0.2, 0.25) is 0 Å². The Morgan fingerprint density at radius 3 is 2.56 bits per heavy atom. The van der Waals surface area contributed by atoms with Gasteiger partial charge < -0.3 is 9.84 Å². The quantitative estimate of drug-likeness (QED) is 0.636. The Bertz CT molecular complexity index is 604. The van der Waals surface area contributed by atoms with Crippen LogP contribution >= 0.6 is 0 Å². The molecular weight excluding hydrogens is 338 g/mol. The highest BCUT2D eigenvalue weighted by Gasteiger charge is 2.23. The Kier molecular flexibility index (Phi) is 8.15. The largest absolute Gasteiger partial charge is 0.508 e. The number of carbonyl (C=O) groups excluding carboxylic acids is 1. The molecule has 27 heavy (non-hydrogen) atoms. The van der Waals surface area contributed by atoms with E-state index < -0.39 is 0 Å². The summed E-state index contributed by atoms with van der Waals surface area (Å²) in [5, 5.41) is 10.2. The number of phenolic OH excluding ortho intramolecular Hbond substituents is 1. The fraction of sp³-hybridized carbons (Fsp3) is 0.696. The summed E-state index contributed by atoms with van der Waals surface area (Å²) >= 11 is 0. The van der Waals surface area contributed by atoms with Crippen LogP contribution in [0.3, 0.4) is 0 Å². The zero-order valence-corrected chi connectivity index (χ0v) is 17.7. The normalized spacial score (nSPS) is 20.4. The van der Waals surface area contributed by atoms with Crippen molar-refractivity contribution in [2.45, 2.75) is 91.3 Å². The first-order chi connectivity index (χ1) is 12.8. The molecule has 0 bridgehead atoms. The molecule has 0 amide bonds. The summed E-state index contributed by atoms with van der Waals surface area (Å²) in [7, 11) is 0. The molecule has 2 rings (SSSR count). The highest BCUT2D eigenvalue weighted by atomic mass is 16.5. The van der Waals surface area contributed by atoms with Crippen molar-refractivity contribution < 1.29 is 14.6 Å². The fourth-order valence-electron chi connectivity index (χ4n) is 4.18. The highest BCUT2D eigenvalue weighted by molar-refractivity contribution is 5.90. The van der Waals surface area contributed by atoms with Crippen molar-refractivity contribution in [2.75, 3.05) is 6.54 Å². The summed E-state index contributed by atoms with van der Waals surface area (Å²) in [6.07, 6.45) is 6.00. The average Bonchev–Trinajstić information content (AvgIpc) is 2.59. The van der Waals surface area contributed by atoms with E-state index in [-0.39, 0.29) is 17.8 Å². The zero-order valence-electron chi connectivity index (χ0n) is 17.7. The van der Waals surface area contributed by atoms with Crippen molar-refractivity contribution in [1.82, 2.24) is 4.90 Å².